The van der Waals surface area contributed by atoms with Gasteiger partial charge in [-0.15, -0.1) is 23.7 Å². The molecular formula is C9H11BrN2S. The molecule has 1 unspecified atom stereocenters. The maximum Gasteiger partial charge on any atom is 0.0702 e. The summed E-state index contributed by atoms with van der Waals surface area (Å²) in [6.45, 7) is 0. The molecular weight excluding hydrogens is 248 g/mol. The highest BCUT2D eigenvalue weighted by atomic mass is 79.9. The second-order valence-electron chi connectivity index (χ2n) is 2.60. The Kier molecular flexibility index (Phi) is 4.46. The second-order valence-corrected chi connectivity index (χ2v) is 5.10. The fraction of sp³-hybridized carbons (Fsp3) is 0.333. The molecule has 13 heavy (non-hydrogen) atoms. The zero-order valence-corrected chi connectivity index (χ0v) is 9.49. The van der Waals surface area contributed by atoms with Gasteiger partial charge < -0.3 is 0 Å². The molecule has 4 heteroatoms. The van der Waals surface area contributed by atoms with Gasteiger partial charge in [-0.1, -0.05) is 0 Å². The first-order chi connectivity index (χ1) is 6.27. The van der Waals surface area contributed by atoms with E-state index < -0.39 is 0 Å². The molecule has 0 amide bonds. The first-order valence-electron chi connectivity index (χ1n) is 3.92. The van der Waals surface area contributed by atoms with Gasteiger partial charge in [0, 0.05) is 11.3 Å². The van der Waals surface area contributed by atoms with E-state index in [1.165, 1.54) is 4.88 Å². The summed E-state index contributed by atoms with van der Waals surface area (Å²) in [4.78, 5) is 1.21. The van der Waals surface area contributed by atoms with Gasteiger partial charge >= 0.3 is 0 Å². The van der Waals surface area contributed by atoms with Gasteiger partial charge in [-0.25, -0.2) is 0 Å². The Labute approximate surface area is 90.6 Å². The molecule has 0 aromatic carbocycles. The normalized spacial score (nSPS) is 12.4. The summed E-state index contributed by atoms with van der Waals surface area (Å²) >= 11 is 5.08. The lowest BCUT2D eigenvalue weighted by atomic mass is 10.1. The lowest BCUT2D eigenvalue weighted by Gasteiger charge is -2.11. The summed E-state index contributed by atoms with van der Waals surface area (Å²) in [5, 5.41) is 0. The van der Waals surface area contributed by atoms with E-state index in [-0.39, 0.29) is 6.04 Å². The van der Waals surface area contributed by atoms with E-state index in [0.29, 0.717) is 0 Å². The van der Waals surface area contributed by atoms with E-state index in [9.17, 15) is 0 Å². The van der Waals surface area contributed by atoms with E-state index >= 15 is 0 Å². The van der Waals surface area contributed by atoms with Crippen molar-refractivity contribution < 1.29 is 0 Å². The van der Waals surface area contributed by atoms with Gasteiger partial charge in [0.1, 0.15) is 0 Å². The molecule has 1 atom stereocenters. The zero-order valence-electron chi connectivity index (χ0n) is 7.09. The number of terminal acetylenes is 1. The summed E-state index contributed by atoms with van der Waals surface area (Å²) in [5.74, 6) is 8.03. The van der Waals surface area contributed by atoms with E-state index in [2.05, 4.69) is 33.3 Å². The van der Waals surface area contributed by atoms with E-state index in [4.69, 9.17) is 12.3 Å². The molecule has 1 rings (SSSR count). The summed E-state index contributed by atoms with van der Waals surface area (Å²) in [7, 11) is 0. The lowest BCUT2D eigenvalue weighted by Crippen LogP contribution is -2.27. The summed E-state index contributed by atoms with van der Waals surface area (Å²) < 4.78 is 1.11. The molecule has 1 aromatic rings. The molecule has 0 saturated carbocycles. The number of thiophene rings is 1. The van der Waals surface area contributed by atoms with Crippen molar-refractivity contribution in [3.05, 3.63) is 20.8 Å². The van der Waals surface area contributed by atoms with Crippen LogP contribution >= 0.6 is 27.3 Å². The Morgan fingerprint density at radius 2 is 2.46 bits per heavy atom. The maximum absolute atomic E-state index is 5.43. The number of hydrogen-bond donors (Lipinski definition) is 2. The van der Waals surface area contributed by atoms with Crippen molar-refractivity contribution in [2.75, 3.05) is 0 Å². The fourth-order valence-electron chi connectivity index (χ4n) is 1.05. The van der Waals surface area contributed by atoms with Gasteiger partial charge in [-0.3, -0.25) is 11.3 Å². The number of hydrogen-bond acceptors (Lipinski definition) is 3. The van der Waals surface area contributed by atoms with Crippen LogP contribution in [0.2, 0.25) is 0 Å². The average Bonchev–Trinajstić information content (AvgIpc) is 2.54. The van der Waals surface area contributed by atoms with Crippen LogP contribution in [0.3, 0.4) is 0 Å². The minimum atomic E-state index is 0.173. The molecule has 0 radical (unpaired) electrons. The van der Waals surface area contributed by atoms with Crippen molar-refractivity contribution in [1.82, 2.24) is 5.43 Å². The molecule has 0 spiro atoms. The molecule has 0 saturated heterocycles. The van der Waals surface area contributed by atoms with Crippen molar-refractivity contribution in [3.63, 3.8) is 0 Å². The fourth-order valence-corrected chi connectivity index (χ4v) is 2.57. The first kappa shape index (κ1) is 10.7. The third-order valence-corrected chi connectivity index (χ3v) is 3.45. The Morgan fingerprint density at radius 1 is 1.69 bits per heavy atom. The number of halogens is 1. The van der Waals surface area contributed by atoms with E-state index in [0.717, 1.165) is 16.6 Å². The molecule has 0 aliphatic heterocycles. The van der Waals surface area contributed by atoms with Crippen LogP contribution in [0.25, 0.3) is 0 Å². The van der Waals surface area contributed by atoms with Crippen LogP contribution < -0.4 is 11.3 Å². The van der Waals surface area contributed by atoms with Crippen molar-refractivity contribution in [2.45, 2.75) is 18.9 Å². The quantitative estimate of drug-likeness (QED) is 0.495. The minimum absolute atomic E-state index is 0.173. The summed E-state index contributed by atoms with van der Waals surface area (Å²) in [6, 6.07) is 4.24. The van der Waals surface area contributed by atoms with Crippen molar-refractivity contribution >= 4 is 27.3 Å². The average molecular weight is 259 g/mol. The van der Waals surface area contributed by atoms with Crippen LogP contribution in [0.4, 0.5) is 0 Å². The van der Waals surface area contributed by atoms with Crippen LogP contribution in [-0.4, -0.2) is 0 Å². The maximum atomic E-state index is 5.43. The van der Waals surface area contributed by atoms with Gasteiger partial charge in [-0.2, -0.15) is 0 Å². The van der Waals surface area contributed by atoms with Crippen LogP contribution in [0, 0.1) is 12.3 Å². The van der Waals surface area contributed by atoms with Crippen LogP contribution in [-0.2, 0) is 0 Å². The molecule has 1 heterocycles. The number of rotatable bonds is 4. The Bertz CT molecular complexity index is 303. The third-order valence-electron chi connectivity index (χ3n) is 1.72. The SMILES string of the molecule is C#CCCC(NN)c1ccc(Br)s1. The van der Waals surface area contributed by atoms with Crippen molar-refractivity contribution in [1.29, 1.82) is 0 Å². The Hall–Kier alpha value is -0.340. The predicted molar refractivity (Wildman–Crippen MR) is 60.2 cm³/mol. The molecule has 0 aliphatic rings. The highest BCUT2D eigenvalue weighted by molar-refractivity contribution is 9.11. The standard InChI is InChI=1S/C9H11BrN2S/c1-2-3-4-7(12-11)8-5-6-9(10)13-8/h1,5-7,12H,3-4,11H2. The van der Waals surface area contributed by atoms with Crippen LogP contribution in [0.15, 0.2) is 15.9 Å². The molecule has 3 N–H and O–H groups in total. The van der Waals surface area contributed by atoms with Gasteiger partial charge in [0.05, 0.1) is 9.83 Å². The highest BCUT2D eigenvalue weighted by Gasteiger charge is 2.10. The third kappa shape index (κ3) is 3.12. The summed E-state index contributed by atoms with van der Waals surface area (Å²) in [5.41, 5.74) is 2.76. The van der Waals surface area contributed by atoms with Crippen LogP contribution in [0.1, 0.15) is 23.8 Å². The summed E-state index contributed by atoms with van der Waals surface area (Å²) in [6.07, 6.45) is 6.81. The van der Waals surface area contributed by atoms with Gasteiger partial charge in [-0.05, 0) is 34.5 Å². The first-order valence-corrected chi connectivity index (χ1v) is 5.53. The monoisotopic (exact) mass is 258 g/mol. The molecule has 1 aromatic heterocycles. The minimum Gasteiger partial charge on any atom is -0.271 e. The Morgan fingerprint density at radius 3 is 2.92 bits per heavy atom. The van der Waals surface area contributed by atoms with E-state index in [1.807, 2.05) is 6.07 Å². The van der Waals surface area contributed by atoms with Gasteiger partial charge in [0.25, 0.3) is 0 Å². The highest BCUT2D eigenvalue weighted by Crippen LogP contribution is 2.28. The smallest absolute Gasteiger partial charge is 0.0702 e. The van der Waals surface area contributed by atoms with Crippen LogP contribution in [0.5, 0.6) is 0 Å². The van der Waals surface area contributed by atoms with Gasteiger partial charge in [0.2, 0.25) is 0 Å². The van der Waals surface area contributed by atoms with E-state index in [1.54, 1.807) is 11.3 Å². The zero-order chi connectivity index (χ0) is 9.68. The number of nitrogens with one attached hydrogen (secondary N) is 1. The van der Waals surface area contributed by atoms with Gasteiger partial charge in [0.15, 0.2) is 0 Å². The second kappa shape index (κ2) is 5.40. The van der Waals surface area contributed by atoms with Crippen molar-refractivity contribution in [3.8, 4) is 12.3 Å². The molecule has 0 fully saturated rings. The number of nitrogens with two attached hydrogens (primary N) is 1. The lowest BCUT2D eigenvalue weighted by molar-refractivity contribution is 0.532. The number of hydrazine groups is 1. The predicted octanol–water partition coefficient (Wildman–Crippen LogP) is 2.43. The Balaban J connectivity index is 2.62. The topological polar surface area (TPSA) is 38.0 Å². The molecule has 0 aliphatic carbocycles. The molecule has 2 nitrogen and oxygen atoms in total. The molecule has 70 valence electrons. The largest absolute Gasteiger partial charge is 0.271 e. The van der Waals surface area contributed by atoms with Crippen molar-refractivity contribution in [2.24, 2.45) is 5.84 Å². The molecule has 0 bridgehead atoms.